The number of aliphatic hydroxyl groups is 1. The average molecular weight is 315 g/mol. The molecule has 3 rings (SSSR count). The van der Waals surface area contributed by atoms with E-state index < -0.39 is 0 Å². The summed E-state index contributed by atoms with van der Waals surface area (Å²) in [6, 6.07) is 8.23. The summed E-state index contributed by atoms with van der Waals surface area (Å²) in [5.41, 5.74) is 4.52. The first-order chi connectivity index (χ1) is 11.2. The molecule has 0 aliphatic carbocycles. The van der Waals surface area contributed by atoms with E-state index in [-0.39, 0.29) is 6.61 Å². The van der Waals surface area contributed by atoms with Crippen molar-refractivity contribution >= 4 is 0 Å². The number of hydrogen-bond donors (Lipinski definition) is 1. The zero-order valence-corrected chi connectivity index (χ0v) is 14.0. The molecule has 2 heterocycles. The van der Waals surface area contributed by atoms with E-state index in [1.54, 1.807) is 0 Å². The molecule has 1 fully saturated rings. The van der Waals surface area contributed by atoms with E-state index in [1.165, 1.54) is 11.1 Å². The number of aryl methyl sites for hydroxylation is 2. The topological polar surface area (TPSA) is 52.7 Å². The van der Waals surface area contributed by atoms with E-state index in [1.807, 2.05) is 26.0 Å². The van der Waals surface area contributed by atoms with Crippen LogP contribution in [0.5, 0.6) is 0 Å². The first kappa shape index (κ1) is 16.2. The first-order valence-electron chi connectivity index (χ1n) is 8.21. The average Bonchev–Trinajstić information content (AvgIpc) is 2.89. The van der Waals surface area contributed by atoms with Crippen LogP contribution in [0.15, 0.2) is 28.8 Å². The Morgan fingerprint density at radius 1 is 0.957 bits per heavy atom. The molecule has 2 aromatic rings. The van der Waals surface area contributed by atoms with Gasteiger partial charge in [-0.15, -0.1) is 0 Å². The first-order valence-corrected chi connectivity index (χ1v) is 8.21. The number of hydrogen-bond acceptors (Lipinski definition) is 5. The van der Waals surface area contributed by atoms with Crippen molar-refractivity contribution in [1.82, 2.24) is 15.0 Å². The van der Waals surface area contributed by atoms with Crippen molar-refractivity contribution < 1.29 is 9.63 Å². The van der Waals surface area contributed by atoms with Crippen LogP contribution in [0.25, 0.3) is 0 Å². The van der Waals surface area contributed by atoms with E-state index in [0.717, 1.165) is 56.3 Å². The number of aromatic nitrogens is 1. The van der Waals surface area contributed by atoms with Gasteiger partial charge in [-0.05, 0) is 25.0 Å². The fraction of sp³-hybridized carbons (Fsp3) is 0.500. The van der Waals surface area contributed by atoms with Gasteiger partial charge in [0.15, 0.2) is 0 Å². The Bertz CT molecular complexity index is 609. The van der Waals surface area contributed by atoms with Crippen LogP contribution in [0, 0.1) is 13.8 Å². The lowest BCUT2D eigenvalue weighted by atomic mass is 10.1. The number of aliphatic hydroxyl groups excluding tert-OH is 1. The fourth-order valence-corrected chi connectivity index (χ4v) is 3.07. The zero-order valence-electron chi connectivity index (χ0n) is 14.0. The van der Waals surface area contributed by atoms with Crippen LogP contribution < -0.4 is 0 Å². The zero-order chi connectivity index (χ0) is 16.2. The summed E-state index contributed by atoms with van der Waals surface area (Å²) in [7, 11) is 0. The third-order valence-electron chi connectivity index (χ3n) is 4.64. The van der Waals surface area contributed by atoms with E-state index in [4.69, 9.17) is 9.63 Å². The normalized spacial score (nSPS) is 16.8. The molecule has 1 aromatic carbocycles. The molecule has 0 amide bonds. The Morgan fingerprint density at radius 2 is 1.52 bits per heavy atom. The van der Waals surface area contributed by atoms with Crippen molar-refractivity contribution in [3.8, 4) is 0 Å². The van der Waals surface area contributed by atoms with Crippen molar-refractivity contribution in [2.24, 2.45) is 0 Å². The summed E-state index contributed by atoms with van der Waals surface area (Å²) in [5.74, 6) is 0.939. The van der Waals surface area contributed by atoms with Gasteiger partial charge >= 0.3 is 0 Å². The van der Waals surface area contributed by atoms with Crippen molar-refractivity contribution in [3.05, 3.63) is 52.4 Å². The van der Waals surface area contributed by atoms with Gasteiger partial charge in [-0.25, -0.2) is 0 Å². The lowest BCUT2D eigenvalue weighted by Crippen LogP contribution is -2.45. The van der Waals surface area contributed by atoms with Crippen LogP contribution in [-0.4, -0.2) is 46.2 Å². The molecule has 0 spiro atoms. The maximum atomic E-state index is 9.10. The van der Waals surface area contributed by atoms with Gasteiger partial charge in [0, 0.05) is 44.8 Å². The summed E-state index contributed by atoms with van der Waals surface area (Å²) in [6.07, 6.45) is 0. The molecule has 1 aromatic heterocycles. The highest BCUT2D eigenvalue weighted by Crippen LogP contribution is 2.17. The van der Waals surface area contributed by atoms with Crippen LogP contribution in [0.2, 0.25) is 0 Å². The van der Waals surface area contributed by atoms with E-state index >= 15 is 0 Å². The molecule has 0 bridgehead atoms. The highest BCUT2D eigenvalue weighted by molar-refractivity contribution is 5.22. The SMILES string of the molecule is Cc1noc(C)c1CN1CCN(Cc2ccc(CO)cc2)CC1. The van der Waals surface area contributed by atoms with Gasteiger partial charge in [0.2, 0.25) is 0 Å². The molecule has 1 saturated heterocycles. The quantitative estimate of drug-likeness (QED) is 0.916. The van der Waals surface area contributed by atoms with Crippen molar-refractivity contribution in [2.75, 3.05) is 26.2 Å². The Kier molecular flexibility index (Phi) is 5.10. The van der Waals surface area contributed by atoms with Gasteiger partial charge in [0.25, 0.3) is 0 Å². The summed E-state index contributed by atoms with van der Waals surface area (Å²) in [4.78, 5) is 4.95. The van der Waals surface area contributed by atoms with E-state index in [9.17, 15) is 0 Å². The predicted molar refractivity (Wildman–Crippen MR) is 88.9 cm³/mol. The van der Waals surface area contributed by atoms with Crippen LogP contribution in [-0.2, 0) is 19.7 Å². The van der Waals surface area contributed by atoms with Crippen LogP contribution >= 0.6 is 0 Å². The fourth-order valence-electron chi connectivity index (χ4n) is 3.07. The molecule has 1 aliphatic rings. The minimum Gasteiger partial charge on any atom is -0.392 e. The Morgan fingerprint density at radius 3 is 2.04 bits per heavy atom. The second-order valence-electron chi connectivity index (χ2n) is 6.33. The van der Waals surface area contributed by atoms with Gasteiger partial charge in [0.05, 0.1) is 12.3 Å². The summed E-state index contributed by atoms with van der Waals surface area (Å²) >= 11 is 0. The number of piperazine rings is 1. The summed E-state index contributed by atoms with van der Waals surface area (Å²) in [6.45, 7) is 10.3. The molecule has 1 aliphatic heterocycles. The molecular weight excluding hydrogens is 290 g/mol. The second-order valence-corrected chi connectivity index (χ2v) is 6.33. The van der Waals surface area contributed by atoms with E-state index in [2.05, 4.69) is 27.1 Å². The Balaban J connectivity index is 1.50. The molecule has 23 heavy (non-hydrogen) atoms. The van der Waals surface area contributed by atoms with Gasteiger partial charge in [0.1, 0.15) is 5.76 Å². The molecular formula is C18H25N3O2. The van der Waals surface area contributed by atoms with Crippen LogP contribution in [0.1, 0.15) is 28.1 Å². The van der Waals surface area contributed by atoms with Crippen molar-refractivity contribution in [1.29, 1.82) is 0 Å². The minimum atomic E-state index is 0.112. The number of benzene rings is 1. The predicted octanol–water partition coefficient (Wildman–Crippen LogP) is 2.10. The monoisotopic (exact) mass is 315 g/mol. The summed E-state index contributed by atoms with van der Waals surface area (Å²) < 4.78 is 5.25. The highest BCUT2D eigenvalue weighted by Gasteiger charge is 2.19. The van der Waals surface area contributed by atoms with Gasteiger partial charge in [-0.3, -0.25) is 9.80 Å². The highest BCUT2D eigenvalue weighted by atomic mass is 16.5. The third kappa shape index (κ3) is 3.99. The maximum absolute atomic E-state index is 9.10. The Labute approximate surface area is 137 Å². The molecule has 0 saturated carbocycles. The van der Waals surface area contributed by atoms with Gasteiger partial charge in [-0.1, -0.05) is 29.4 Å². The Hall–Kier alpha value is -1.69. The molecule has 0 radical (unpaired) electrons. The number of rotatable bonds is 5. The lowest BCUT2D eigenvalue weighted by Gasteiger charge is -2.34. The van der Waals surface area contributed by atoms with Gasteiger partial charge in [-0.2, -0.15) is 0 Å². The maximum Gasteiger partial charge on any atom is 0.138 e. The van der Waals surface area contributed by atoms with E-state index in [0.29, 0.717) is 0 Å². The molecule has 1 N–H and O–H groups in total. The minimum absolute atomic E-state index is 0.112. The molecule has 124 valence electrons. The van der Waals surface area contributed by atoms with Crippen LogP contribution in [0.3, 0.4) is 0 Å². The lowest BCUT2D eigenvalue weighted by molar-refractivity contribution is 0.121. The number of nitrogens with zero attached hydrogens (tertiary/aromatic N) is 3. The largest absolute Gasteiger partial charge is 0.392 e. The molecule has 5 nitrogen and oxygen atoms in total. The van der Waals surface area contributed by atoms with Crippen molar-refractivity contribution in [3.63, 3.8) is 0 Å². The molecule has 5 heteroatoms. The smallest absolute Gasteiger partial charge is 0.138 e. The van der Waals surface area contributed by atoms with Crippen LogP contribution in [0.4, 0.5) is 0 Å². The molecule has 0 unspecified atom stereocenters. The second kappa shape index (κ2) is 7.25. The van der Waals surface area contributed by atoms with Gasteiger partial charge < -0.3 is 9.63 Å². The molecule has 0 atom stereocenters. The third-order valence-corrected chi connectivity index (χ3v) is 4.64. The summed E-state index contributed by atoms with van der Waals surface area (Å²) in [5, 5.41) is 13.1. The van der Waals surface area contributed by atoms with Crippen molar-refractivity contribution in [2.45, 2.75) is 33.5 Å². The standard InChI is InChI=1S/C18H25N3O2/c1-14-18(15(2)23-19-14)12-21-9-7-20(8-10-21)11-16-3-5-17(13-22)6-4-16/h3-6,22H,7-13H2,1-2H3.